The number of para-hydroxylation sites is 2. The van der Waals surface area contributed by atoms with Gasteiger partial charge in [0.1, 0.15) is 5.75 Å². The van der Waals surface area contributed by atoms with Crippen molar-refractivity contribution in [1.29, 1.82) is 0 Å². The average molecular weight is 236 g/mol. The lowest BCUT2D eigenvalue weighted by molar-refractivity contribution is 0.414. The van der Waals surface area contributed by atoms with Gasteiger partial charge < -0.3 is 15.4 Å². The number of nitrogens with two attached hydrogens (primary N) is 1. The topological polar surface area (TPSA) is 38.5 Å². The summed E-state index contributed by atoms with van der Waals surface area (Å²) in [6.07, 6.45) is 3.25. The summed E-state index contributed by atoms with van der Waals surface area (Å²) in [5.41, 5.74) is 7.05. The second kappa shape index (κ2) is 7.17. The summed E-state index contributed by atoms with van der Waals surface area (Å²) in [6.45, 7) is 3.14. The smallest absolute Gasteiger partial charge is 0.142 e. The van der Waals surface area contributed by atoms with E-state index in [9.17, 15) is 0 Å². The normalized spacial score (nSPS) is 12.2. The second-order valence-electron chi connectivity index (χ2n) is 4.40. The van der Waals surface area contributed by atoms with Gasteiger partial charge in [-0.05, 0) is 31.4 Å². The molecule has 0 bridgehead atoms. The monoisotopic (exact) mass is 236 g/mol. The Morgan fingerprint density at radius 1 is 1.35 bits per heavy atom. The summed E-state index contributed by atoms with van der Waals surface area (Å²) < 4.78 is 5.35. The maximum Gasteiger partial charge on any atom is 0.142 e. The molecule has 96 valence electrons. The van der Waals surface area contributed by atoms with Gasteiger partial charge in [-0.3, -0.25) is 0 Å². The Hall–Kier alpha value is -1.22. The quantitative estimate of drug-likeness (QED) is 0.791. The van der Waals surface area contributed by atoms with Crippen LogP contribution in [0.3, 0.4) is 0 Å². The molecule has 1 rings (SSSR count). The first-order valence-corrected chi connectivity index (χ1v) is 6.28. The Kier molecular flexibility index (Phi) is 5.84. The molecule has 0 spiro atoms. The van der Waals surface area contributed by atoms with Gasteiger partial charge in [0.05, 0.1) is 12.8 Å². The van der Waals surface area contributed by atoms with Crippen LogP contribution in [0.25, 0.3) is 0 Å². The molecule has 1 atom stereocenters. The third kappa shape index (κ3) is 4.27. The van der Waals surface area contributed by atoms with Crippen molar-refractivity contribution >= 4 is 5.69 Å². The van der Waals surface area contributed by atoms with Crippen LogP contribution in [0.5, 0.6) is 5.75 Å². The summed E-state index contributed by atoms with van der Waals surface area (Å²) >= 11 is 0. The molecule has 1 unspecified atom stereocenters. The summed E-state index contributed by atoms with van der Waals surface area (Å²) in [5, 5.41) is 0. The largest absolute Gasteiger partial charge is 0.495 e. The van der Waals surface area contributed by atoms with Crippen molar-refractivity contribution in [2.24, 2.45) is 5.73 Å². The third-order valence-corrected chi connectivity index (χ3v) is 3.09. The zero-order valence-electron chi connectivity index (χ0n) is 11.1. The van der Waals surface area contributed by atoms with E-state index < -0.39 is 0 Å². The molecule has 0 amide bonds. The molecule has 0 heterocycles. The van der Waals surface area contributed by atoms with Crippen LogP contribution in [-0.2, 0) is 0 Å². The molecule has 0 radical (unpaired) electrons. The van der Waals surface area contributed by atoms with Gasteiger partial charge >= 0.3 is 0 Å². The Morgan fingerprint density at radius 3 is 2.71 bits per heavy atom. The molecule has 0 aliphatic carbocycles. The van der Waals surface area contributed by atoms with Crippen LogP contribution >= 0.6 is 0 Å². The summed E-state index contributed by atoms with van der Waals surface area (Å²) in [7, 11) is 3.80. The summed E-state index contributed by atoms with van der Waals surface area (Å²) in [6, 6.07) is 8.43. The third-order valence-electron chi connectivity index (χ3n) is 3.09. The second-order valence-corrected chi connectivity index (χ2v) is 4.40. The maximum absolute atomic E-state index is 5.91. The van der Waals surface area contributed by atoms with Gasteiger partial charge in [0.15, 0.2) is 0 Å². The molecule has 0 saturated heterocycles. The lowest BCUT2D eigenvalue weighted by atomic mass is 10.1. The number of rotatable bonds is 7. The number of methoxy groups -OCH3 is 1. The number of nitrogens with zero attached hydrogens (tertiary/aromatic N) is 1. The number of anilines is 1. The van der Waals surface area contributed by atoms with Crippen LogP contribution < -0.4 is 15.4 Å². The standard InChI is InChI=1S/C14H24N2O/c1-4-12(15)8-7-11-16(2)13-9-5-6-10-14(13)17-3/h5-6,9-10,12H,4,7-8,11,15H2,1-3H3. The van der Waals surface area contributed by atoms with Gasteiger partial charge in [0, 0.05) is 19.6 Å². The van der Waals surface area contributed by atoms with Crippen LogP contribution in [0.4, 0.5) is 5.69 Å². The Labute approximate surface area is 105 Å². The van der Waals surface area contributed by atoms with E-state index in [4.69, 9.17) is 10.5 Å². The fraction of sp³-hybridized carbons (Fsp3) is 0.571. The van der Waals surface area contributed by atoms with E-state index in [1.807, 2.05) is 18.2 Å². The molecule has 17 heavy (non-hydrogen) atoms. The molecule has 0 aliphatic rings. The first-order valence-electron chi connectivity index (χ1n) is 6.28. The van der Waals surface area contributed by atoms with Crippen LogP contribution in [-0.4, -0.2) is 26.7 Å². The minimum absolute atomic E-state index is 0.334. The minimum Gasteiger partial charge on any atom is -0.495 e. The molecule has 1 aromatic carbocycles. The van der Waals surface area contributed by atoms with Gasteiger partial charge in [0.25, 0.3) is 0 Å². The molecule has 3 nitrogen and oxygen atoms in total. The molecular formula is C14H24N2O. The molecule has 0 aliphatic heterocycles. The van der Waals surface area contributed by atoms with Gasteiger partial charge in [-0.15, -0.1) is 0 Å². The Morgan fingerprint density at radius 2 is 2.06 bits per heavy atom. The first kappa shape index (κ1) is 13.8. The molecule has 0 aromatic heterocycles. The van der Waals surface area contributed by atoms with E-state index in [1.54, 1.807) is 7.11 Å². The summed E-state index contributed by atoms with van der Waals surface area (Å²) in [5.74, 6) is 0.926. The average Bonchev–Trinajstić information content (AvgIpc) is 2.38. The van der Waals surface area contributed by atoms with Crippen molar-refractivity contribution in [3.63, 3.8) is 0 Å². The van der Waals surface area contributed by atoms with Gasteiger partial charge in [0.2, 0.25) is 0 Å². The zero-order valence-corrected chi connectivity index (χ0v) is 11.1. The highest BCUT2D eigenvalue weighted by Crippen LogP contribution is 2.26. The van der Waals surface area contributed by atoms with Crippen molar-refractivity contribution in [3.8, 4) is 5.75 Å². The van der Waals surface area contributed by atoms with Crippen molar-refractivity contribution in [3.05, 3.63) is 24.3 Å². The Balaban J connectivity index is 2.49. The number of benzene rings is 1. The van der Waals surface area contributed by atoms with E-state index in [0.717, 1.165) is 37.2 Å². The molecule has 1 aromatic rings. The van der Waals surface area contributed by atoms with Crippen molar-refractivity contribution in [1.82, 2.24) is 0 Å². The van der Waals surface area contributed by atoms with Gasteiger partial charge in [-0.25, -0.2) is 0 Å². The van der Waals surface area contributed by atoms with Gasteiger partial charge in [-0.1, -0.05) is 19.1 Å². The van der Waals surface area contributed by atoms with Crippen molar-refractivity contribution < 1.29 is 4.74 Å². The SMILES string of the molecule is CCC(N)CCCN(C)c1ccccc1OC. The van der Waals surface area contributed by atoms with Crippen LogP contribution in [0.2, 0.25) is 0 Å². The molecular weight excluding hydrogens is 212 g/mol. The van der Waals surface area contributed by atoms with E-state index in [1.165, 1.54) is 0 Å². The van der Waals surface area contributed by atoms with E-state index >= 15 is 0 Å². The number of hydrogen-bond acceptors (Lipinski definition) is 3. The van der Waals surface area contributed by atoms with Gasteiger partial charge in [-0.2, -0.15) is 0 Å². The summed E-state index contributed by atoms with van der Waals surface area (Å²) in [4.78, 5) is 2.22. The van der Waals surface area contributed by atoms with E-state index in [0.29, 0.717) is 6.04 Å². The molecule has 0 saturated carbocycles. The highest BCUT2D eigenvalue weighted by atomic mass is 16.5. The van der Waals surface area contributed by atoms with E-state index in [-0.39, 0.29) is 0 Å². The number of ether oxygens (including phenoxy) is 1. The first-order chi connectivity index (χ1) is 8.19. The highest BCUT2D eigenvalue weighted by molar-refractivity contribution is 5.57. The lowest BCUT2D eigenvalue weighted by Crippen LogP contribution is -2.23. The zero-order chi connectivity index (χ0) is 12.7. The van der Waals surface area contributed by atoms with Crippen LogP contribution in [0, 0.1) is 0 Å². The molecule has 0 fully saturated rings. The van der Waals surface area contributed by atoms with Crippen LogP contribution in [0.1, 0.15) is 26.2 Å². The maximum atomic E-state index is 5.91. The fourth-order valence-corrected chi connectivity index (χ4v) is 1.86. The fourth-order valence-electron chi connectivity index (χ4n) is 1.86. The van der Waals surface area contributed by atoms with Crippen molar-refractivity contribution in [2.75, 3.05) is 25.6 Å². The highest BCUT2D eigenvalue weighted by Gasteiger charge is 2.07. The predicted molar refractivity (Wildman–Crippen MR) is 73.8 cm³/mol. The molecule has 3 heteroatoms. The Bertz CT molecular complexity index is 328. The van der Waals surface area contributed by atoms with Crippen molar-refractivity contribution in [2.45, 2.75) is 32.2 Å². The predicted octanol–water partition coefficient (Wildman–Crippen LogP) is 2.65. The minimum atomic E-state index is 0.334. The van der Waals surface area contributed by atoms with E-state index in [2.05, 4.69) is 24.9 Å². The lowest BCUT2D eigenvalue weighted by Gasteiger charge is -2.22. The number of hydrogen-bond donors (Lipinski definition) is 1. The molecule has 2 N–H and O–H groups in total. The van der Waals surface area contributed by atoms with Crippen LogP contribution in [0.15, 0.2) is 24.3 Å².